The van der Waals surface area contributed by atoms with E-state index in [2.05, 4.69) is 93.5 Å². The molecule has 12 nitrogen and oxygen atoms in total. The molecule has 0 saturated carbocycles. The molecule has 0 N–H and O–H groups in total. The monoisotopic (exact) mass is 1890 g/mol. The van der Waals surface area contributed by atoms with Crippen molar-refractivity contribution in [2.24, 2.45) is 0 Å². The van der Waals surface area contributed by atoms with E-state index in [0.717, 1.165) is 155 Å². The molecule has 0 bridgehead atoms. The van der Waals surface area contributed by atoms with Gasteiger partial charge in [-0.25, -0.2) is 0 Å². The first kappa shape index (κ1) is 114. The van der Waals surface area contributed by atoms with Crippen LogP contribution in [0.15, 0.2) is 24.3 Å². The number of hydrogen-bond donors (Lipinski definition) is 0. The Balaban J connectivity index is -0.00000166. The van der Waals surface area contributed by atoms with E-state index in [1.807, 2.05) is 0 Å². The fraction of sp³-hybridized carbons (Fsp3) is 0.896. The van der Waals surface area contributed by atoms with Crippen molar-refractivity contribution in [2.45, 2.75) is 546 Å². The number of carbonyl (C=O) groups excluding carboxylic acids is 6. The van der Waals surface area contributed by atoms with Crippen molar-refractivity contribution in [3.05, 3.63) is 24.3 Å². The van der Waals surface area contributed by atoms with E-state index in [-0.39, 0.29) is 35.8 Å². The van der Waals surface area contributed by atoms with Gasteiger partial charge in [-0.15, -0.1) is 0 Å². The molecular weight excluding hydrogens is 1700 g/mol. The van der Waals surface area contributed by atoms with Crippen molar-refractivity contribution < 1.29 is 47.2 Å². The fourth-order valence-electron chi connectivity index (χ4n) is 14.6. The zero-order valence-corrected chi connectivity index (χ0v) is 84.6. The van der Waals surface area contributed by atoms with Crippen LogP contribution in [0, 0.1) is 0 Å². The van der Waals surface area contributed by atoms with Crippen molar-refractivity contribution in [1.82, 2.24) is 0 Å². The molecule has 0 aliphatic carbocycles. The standard InChI is InChI=1S/2C18H34O2.2C12H24O2.2C8H17.4C4H9.2C2H4O2.3Sn/c2*1-2-3-4-5-6-7-8-9-10-11-12-13-14-15-16-17-18(19)20;2*1-2-3-4-5-6-7-8-9-10-11-12(13)14;2*1-3-5-7-8-6-4-2;4*1-3-4-2;2*1-2(3)4;;;/h2*9-10H,2-8,11-17H2,1H3,(H,19,20);2*2-11H2,1H3,(H,13,14);2*1,3-8H2,2H3;4*1,3-4H2,2H3;2*1H3,(H,3,4);;;/q;;;;;;;;;;;;3*+2/p-6/b2*10-9-;;;;;;;;;;;;;. The van der Waals surface area contributed by atoms with E-state index < -0.39 is 57.6 Å². The van der Waals surface area contributed by atoms with Crippen LogP contribution < -0.4 is 0 Å². The third-order valence-corrected chi connectivity index (χ3v) is 51.3. The van der Waals surface area contributed by atoms with Crippen LogP contribution in [-0.4, -0.2) is 93.4 Å². The summed E-state index contributed by atoms with van der Waals surface area (Å²) in [4.78, 5) is 75.0. The number of allylic oxidation sites excluding steroid dienone is 4. The van der Waals surface area contributed by atoms with Crippen LogP contribution in [0.3, 0.4) is 0 Å². The Hall–Kier alpha value is -1.30. The third kappa shape index (κ3) is 82.2. The van der Waals surface area contributed by atoms with Crippen LogP contribution in [0.5, 0.6) is 0 Å². The Labute approximate surface area is 705 Å². The summed E-state index contributed by atoms with van der Waals surface area (Å²) in [6, 6.07) is 0. The summed E-state index contributed by atoms with van der Waals surface area (Å²) in [6.45, 7) is 25.0. The van der Waals surface area contributed by atoms with E-state index in [4.69, 9.17) is 18.4 Å². The number of rotatable bonds is 82. The quantitative estimate of drug-likeness (QED) is 0.0323. The topological polar surface area (TPSA) is 158 Å². The van der Waals surface area contributed by atoms with Gasteiger partial charge < -0.3 is 0 Å². The van der Waals surface area contributed by atoms with Gasteiger partial charge in [0.15, 0.2) is 0 Å². The van der Waals surface area contributed by atoms with Crippen LogP contribution in [-0.2, 0) is 47.2 Å². The molecule has 0 rings (SSSR count). The third-order valence-electron chi connectivity index (χ3n) is 21.6. The fourth-order valence-corrected chi connectivity index (χ4v) is 44.2. The molecule has 0 amide bonds. The Morgan fingerprint density at radius 3 is 0.505 bits per heavy atom. The second-order valence-electron chi connectivity index (χ2n) is 33.1. The molecule has 0 atom stereocenters. The minimum absolute atomic E-state index is 0.109. The first-order valence-corrected chi connectivity index (χ1v) is 67.7. The molecule has 0 saturated heterocycles. The second kappa shape index (κ2) is 89.5. The van der Waals surface area contributed by atoms with Gasteiger partial charge in [-0.2, -0.15) is 0 Å². The zero-order valence-electron chi connectivity index (χ0n) is 76.0. The molecule has 0 aliphatic rings. The summed E-state index contributed by atoms with van der Waals surface area (Å²) in [7, 11) is 0. The SMILES string of the molecule is CCCCCCCC/C=C\CCCCCCCC(=O)[O][Sn]([CH2]CCC)([CH2]CCC)[O]C(=O)CCCCCCC/C=C\CCCCCCCC.CCCCCCCCCCCC(=O)[O][Sn]([CH2]CCC)([CH2]CCC)[O]C(=O)CCCCCCCCCCC.CCCCCCC[CH2][Sn]([CH2]CCCCCCC)([O]C(C)=O)[O]C(C)=O. The molecule has 0 aromatic carbocycles. The van der Waals surface area contributed by atoms with E-state index in [0.29, 0.717) is 25.7 Å². The zero-order chi connectivity index (χ0) is 82.4. The van der Waals surface area contributed by atoms with Crippen molar-refractivity contribution in [2.75, 3.05) is 0 Å². The van der Waals surface area contributed by atoms with Crippen molar-refractivity contribution in [3.63, 3.8) is 0 Å². The summed E-state index contributed by atoms with van der Waals surface area (Å²) in [5.41, 5.74) is 0. The Morgan fingerprint density at radius 2 is 0.324 bits per heavy atom. The van der Waals surface area contributed by atoms with Gasteiger partial charge in [0.05, 0.1) is 0 Å². The normalized spacial score (nSPS) is 11.7. The second-order valence-corrected chi connectivity index (χ2v) is 60.7. The van der Waals surface area contributed by atoms with Gasteiger partial charge in [-0.05, 0) is 12.8 Å². The van der Waals surface area contributed by atoms with E-state index in [9.17, 15) is 28.8 Å². The maximum absolute atomic E-state index is 13.0. The molecule has 0 unspecified atom stereocenters. The molecule has 0 fully saturated rings. The number of unbranched alkanes of at least 4 members (excludes halogenated alkanes) is 52. The van der Waals surface area contributed by atoms with Gasteiger partial charge in [-0.3, -0.25) is 0 Å². The molecule has 0 heterocycles. The van der Waals surface area contributed by atoms with E-state index in [1.165, 1.54) is 296 Å². The number of hydrogen-bond acceptors (Lipinski definition) is 12. The van der Waals surface area contributed by atoms with Gasteiger partial charge in [-0.1, -0.05) is 91.9 Å². The van der Waals surface area contributed by atoms with Gasteiger partial charge >= 0.3 is 607 Å². The predicted molar refractivity (Wildman–Crippen MR) is 483 cm³/mol. The van der Waals surface area contributed by atoms with Crippen LogP contribution in [0.2, 0.25) is 26.6 Å². The average molecular weight is 1890 g/mol. The van der Waals surface area contributed by atoms with Crippen molar-refractivity contribution in [1.29, 1.82) is 0 Å². The Kier molecular flexibility index (Phi) is 91.8. The van der Waals surface area contributed by atoms with Crippen LogP contribution in [0.1, 0.15) is 520 Å². The molecule has 0 spiro atoms. The minimum atomic E-state index is -3.82. The van der Waals surface area contributed by atoms with Gasteiger partial charge in [0.25, 0.3) is 0 Å². The summed E-state index contributed by atoms with van der Waals surface area (Å²) in [5.74, 6) is -1.02. The maximum atomic E-state index is 13.0. The van der Waals surface area contributed by atoms with Crippen molar-refractivity contribution in [3.8, 4) is 0 Å². The molecule has 0 aliphatic heterocycles. The van der Waals surface area contributed by atoms with Gasteiger partial charge in [0.1, 0.15) is 0 Å². The molecule has 15 heteroatoms. The van der Waals surface area contributed by atoms with E-state index >= 15 is 0 Å². The predicted octanol–water partition coefficient (Wildman–Crippen LogP) is 32.4. The first-order chi connectivity index (χ1) is 54.0. The molecule has 0 radical (unpaired) electrons. The molecule has 0 aromatic heterocycles. The molecule has 111 heavy (non-hydrogen) atoms. The van der Waals surface area contributed by atoms with Crippen molar-refractivity contribution >= 4 is 93.4 Å². The van der Waals surface area contributed by atoms with Gasteiger partial charge in [0.2, 0.25) is 0 Å². The molecular formula is C96H188O12Sn3. The molecule has 0 aromatic rings. The summed E-state index contributed by atoms with van der Waals surface area (Å²) < 4.78 is 41.3. The summed E-state index contributed by atoms with van der Waals surface area (Å²) in [5, 5.41) is 0. The van der Waals surface area contributed by atoms with Crippen LogP contribution >= 0.6 is 0 Å². The van der Waals surface area contributed by atoms with Gasteiger partial charge in [0, 0.05) is 0 Å². The van der Waals surface area contributed by atoms with Crippen LogP contribution in [0.4, 0.5) is 0 Å². The first-order valence-electron chi connectivity index (χ1n) is 48.6. The Bertz CT molecular complexity index is 1960. The number of carbonyl (C=O) groups is 6. The Morgan fingerprint density at radius 1 is 0.180 bits per heavy atom. The van der Waals surface area contributed by atoms with E-state index in [1.54, 1.807) is 0 Å². The molecule has 656 valence electrons. The summed E-state index contributed by atoms with van der Waals surface area (Å²) >= 11 is -11.2. The average Bonchev–Trinajstić information content (AvgIpc) is 0.864. The van der Waals surface area contributed by atoms with Crippen LogP contribution in [0.25, 0.3) is 0 Å². The summed E-state index contributed by atoms with van der Waals surface area (Å²) in [6.07, 6.45) is 88.2.